The third-order valence-electron chi connectivity index (χ3n) is 0.192. The van der Waals surface area contributed by atoms with E-state index < -0.39 is 0 Å². The number of rotatable bonds is 2. The van der Waals surface area contributed by atoms with Crippen LogP contribution in [0.2, 0.25) is 0 Å². The Morgan fingerprint density at radius 1 is 1.00 bits per heavy atom. The molecule has 0 aromatic carbocycles. The number of hydrogen-bond acceptors (Lipinski definition) is 2. The molecule has 0 bridgehead atoms. The fraction of sp³-hybridized carbons (Fsp3) is 0.333. The standard InChI is InChI=1S/C3H4O2.2Ti/c4-2-1-3-5;;/h2-3H,1H2;;. The number of hydrogen-bond donors (Lipinski definition) is 0. The topological polar surface area (TPSA) is 34.1 Å². The molecule has 2 nitrogen and oxygen atoms in total. The van der Waals surface area contributed by atoms with Crippen molar-refractivity contribution >= 4 is 12.6 Å². The minimum atomic E-state index is 0. The largest absolute Gasteiger partial charge is 0.303 e. The van der Waals surface area contributed by atoms with Crippen LogP contribution in [0.15, 0.2) is 0 Å². The second kappa shape index (κ2) is 15.9. The van der Waals surface area contributed by atoms with Crippen molar-refractivity contribution in [2.75, 3.05) is 0 Å². The summed E-state index contributed by atoms with van der Waals surface area (Å²) >= 11 is 0. The molecular weight excluding hydrogens is 164 g/mol. The van der Waals surface area contributed by atoms with Crippen molar-refractivity contribution in [3.8, 4) is 0 Å². The van der Waals surface area contributed by atoms with Crippen molar-refractivity contribution in [1.29, 1.82) is 0 Å². The zero-order valence-electron chi connectivity index (χ0n) is 3.68. The van der Waals surface area contributed by atoms with Gasteiger partial charge in [-0.25, -0.2) is 0 Å². The summed E-state index contributed by atoms with van der Waals surface area (Å²) in [5.74, 6) is 0. The smallest absolute Gasteiger partial charge is 0.127 e. The van der Waals surface area contributed by atoms with Crippen LogP contribution in [0.3, 0.4) is 0 Å². The molecule has 0 radical (unpaired) electrons. The number of carbonyl (C=O) groups is 2. The van der Waals surface area contributed by atoms with Crippen LogP contribution in [0.4, 0.5) is 0 Å². The van der Waals surface area contributed by atoms with Gasteiger partial charge >= 0.3 is 0 Å². The Morgan fingerprint density at radius 2 is 1.29 bits per heavy atom. The average molecular weight is 168 g/mol. The molecule has 4 heteroatoms. The zero-order chi connectivity index (χ0) is 4.12. The summed E-state index contributed by atoms with van der Waals surface area (Å²) in [5.41, 5.74) is 0. The first-order valence-corrected chi connectivity index (χ1v) is 1.29. The van der Waals surface area contributed by atoms with Crippen molar-refractivity contribution in [3.63, 3.8) is 0 Å². The summed E-state index contributed by atoms with van der Waals surface area (Å²) in [4.78, 5) is 18.3. The van der Waals surface area contributed by atoms with E-state index in [1.54, 1.807) is 0 Å². The van der Waals surface area contributed by atoms with E-state index in [1.807, 2.05) is 0 Å². The number of carbonyl (C=O) groups excluding carboxylic acids is 2. The number of aldehydes is 2. The van der Waals surface area contributed by atoms with Crippen molar-refractivity contribution in [1.82, 2.24) is 0 Å². The van der Waals surface area contributed by atoms with E-state index in [0.717, 1.165) is 0 Å². The Hall–Kier alpha value is 0.769. The van der Waals surface area contributed by atoms with Gasteiger partial charge < -0.3 is 9.59 Å². The monoisotopic (exact) mass is 168 g/mol. The Labute approximate surface area is 71.8 Å². The molecular formula is C3H4O2Ti2. The van der Waals surface area contributed by atoms with Crippen LogP contribution in [0, 0.1) is 0 Å². The third-order valence-corrected chi connectivity index (χ3v) is 0.192. The summed E-state index contributed by atoms with van der Waals surface area (Å²) in [7, 11) is 0. The van der Waals surface area contributed by atoms with Gasteiger partial charge in [-0.3, -0.25) is 0 Å². The van der Waals surface area contributed by atoms with Gasteiger partial charge in [-0.1, -0.05) is 0 Å². The molecule has 0 aliphatic rings. The van der Waals surface area contributed by atoms with E-state index in [-0.39, 0.29) is 49.9 Å². The van der Waals surface area contributed by atoms with E-state index in [0.29, 0.717) is 12.6 Å². The Kier molecular flexibility index (Phi) is 35.5. The molecule has 0 rings (SSSR count). The summed E-state index contributed by atoms with van der Waals surface area (Å²) in [6.07, 6.45) is 1.15. The van der Waals surface area contributed by atoms with E-state index in [1.165, 1.54) is 0 Å². The maximum absolute atomic E-state index is 9.17. The maximum Gasteiger partial charge on any atom is 0.127 e. The third kappa shape index (κ3) is 20.1. The second-order valence-corrected chi connectivity index (χ2v) is 0.569. The molecule has 0 fully saturated rings. The molecule has 0 aromatic heterocycles. The van der Waals surface area contributed by atoms with Crippen molar-refractivity contribution in [2.45, 2.75) is 6.42 Å². The van der Waals surface area contributed by atoms with Crippen molar-refractivity contribution in [2.24, 2.45) is 0 Å². The first kappa shape index (κ1) is 15.7. The summed E-state index contributed by atoms with van der Waals surface area (Å²) < 4.78 is 0. The van der Waals surface area contributed by atoms with Crippen LogP contribution >= 0.6 is 0 Å². The van der Waals surface area contributed by atoms with Crippen LogP contribution in [0.1, 0.15) is 6.42 Å². The van der Waals surface area contributed by atoms with Gasteiger partial charge in [0.1, 0.15) is 12.6 Å². The van der Waals surface area contributed by atoms with Crippen LogP contribution in [0.5, 0.6) is 0 Å². The quantitative estimate of drug-likeness (QED) is 0.324. The van der Waals surface area contributed by atoms with Crippen LogP contribution < -0.4 is 0 Å². The Bertz CT molecular complexity index is 40.2. The van der Waals surface area contributed by atoms with E-state index in [9.17, 15) is 9.59 Å². The van der Waals surface area contributed by atoms with Crippen LogP contribution in [-0.4, -0.2) is 12.6 Å². The predicted molar refractivity (Wildman–Crippen MR) is 16.7 cm³/mol. The SMILES string of the molecule is O=CCC=O.[Ti].[Ti]. The van der Waals surface area contributed by atoms with Crippen LogP contribution in [0.25, 0.3) is 0 Å². The molecule has 36 valence electrons. The minimum Gasteiger partial charge on any atom is -0.303 e. The molecule has 0 saturated heterocycles. The summed E-state index contributed by atoms with van der Waals surface area (Å²) in [6.45, 7) is 0. The van der Waals surface area contributed by atoms with E-state index in [4.69, 9.17) is 0 Å². The fourth-order valence-corrected chi connectivity index (χ4v) is 0.0393. The second-order valence-electron chi connectivity index (χ2n) is 0.569. The van der Waals surface area contributed by atoms with E-state index >= 15 is 0 Å². The average Bonchev–Trinajstić information content (AvgIpc) is 1.41. The molecule has 0 heterocycles. The maximum atomic E-state index is 9.17. The van der Waals surface area contributed by atoms with Gasteiger partial charge in [0, 0.05) is 43.4 Å². The molecule has 0 aliphatic heterocycles. The van der Waals surface area contributed by atoms with Gasteiger partial charge in [0.05, 0.1) is 6.42 Å². The van der Waals surface area contributed by atoms with Crippen molar-refractivity contribution in [3.05, 3.63) is 0 Å². The predicted octanol–water partition coefficient (Wildman–Crippen LogP) is -0.231. The van der Waals surface area contributed by atoms with Gasteiger partial charge in [0.15, 0.2) is 0 Å². The first-order chi connectivity index (χ1) is 2.41. The van der Waals surface area contributed by atoms with Crippen molar-refractivity contribution < 1.29 is 53.0 Å². The van der Waals surface area contributed by atoms with Gasteiger partial charge in [-0.15, -0.1) is 0 Å². The van der Waals surface area contributed by atoms with Gasteiger partial charge in [0.25, 0.3) is 0 Å². The minimum absolute atomic E-state index is 0. The normalized spacial score (nSPS) is 4.57. The van der Waals surface area contributed by atoms with Gasteiger partial charge in [-0.05, 0) is 0 Å². The molecule has 0 spiro atoms. The van der Waals surface area contributed by atoms with Gasteiger partial charge in [-0.2, -0.15) is 0 Å². The molecule has 0 aromatic rings. The molecule has 0 amide bonds. The van der Waals surface area contributed by atoms with Gasteiger partial charge in [0.2, 0.25) is 0 Å². The Morgan fingerprint density at radius 3 is 1.29 bits per heavy atom. The summed E-state index contributed by atoms with van der Waals surface area (Å²) in [5, 5.41) is 0. The fourth-order valence-electron chi connectivity index (χ4n) is 0.0393. The molecule has 7 heavy (non-hydrogen) atoms. The Balaban J connectivity index is -0.0000000800. The zero-order valence-corrected chi connectivity index (χ0v) is 6.80. The molecule has 0 saturated carbocycles. The first-order valence-electron chi connectivity index (χ1n) is 1.29. The summed E-state index contributed by atoms with van der Waals surface area (Å²) in [6, 6.07) is 0. The van der Waals surface area contributed by atoms with Crippen LogP contribution in [-0.2, 0) is 53.0 Å². The van der Waals surface area contributed by atoms with E-state index in [2.05, 4.69) is 0 Å². The molecule has 0 atom stereocenters. The molecule has 0 N–H and O–H groups in total. The molecule has 0 aliphatic carbocycles. The molecule has 0 unspecified atom stereocenters.